The van der Waals surface area contributed by atoms with Crippen LogP contribution in [0.3, 0.4) is 0 Å². The second kappa shape index (κ2) is 15.4. The number of anilines is 2. The first-order valence-corrected chi connectivity index (χ1v) is 14.7. The van der Waals surface area contributed by atoms with E-state index in [9.17, 15) is 9.59 Å². The van der Waals surface area contributed by atoms with Gasteiger partial charge in [-0.25, -0.2) is 9.97 Å². The SMILES string of the molecule is CCCC[C@](C)(CCC(C)=O)Nc1nc(NCc2ccc(OC)cc2OC)nc2cc(C(=O)CCCN(C)C)cnc12. The van der Waals surface area contributed by atoms with Crippen molar-refractivity contribution in [3.8, 4) is 11.5 Å². The molecule has 228 valence electrons. The third-order valence-corrected chi connectivity index (χ3v) is 7.33. The molecule has 0 fully saturated rings. The van der Waals surface area contributed by atoms with Gasteiger partial charge in [0, 0.05) is 48.3 Å². The van der Waals surface area contributed by atoms with Gasteiger partial charge in [-0.15, -0.1) is 0 Å². The quantitative estimate of drug-likeness (QED) is 0.176. The topological polar surface area (TPSA) is 119 Å². The largest absolute Gasteiger partial charge is 0.497 e. The molecule has 3 aromatic rings. The van der Waals surface area contributed by atoms with Gasteiger partial charge in [-0.3, -0.25) is 4.79 Å². The van der Waals surface area contributed by atoms with Crippen LogP contribution in [0.2, 0.25) is 0 Å². The number of nitrogens with one attached hydrogen (secondary N) is 2. The number of pyridine rings is 1. The van der Waals surface area contributed by atoms with Crippen LogP contribution in [0.1, 0.15) is 81.6 Å². The molecule has 42 heavy (non-hydrogen) atoms. The Bertz CT molecular complexity index is 1360. The van der Waals surface area contributed by atoms with Gasteiger partial charge in [-0.05, 0) is 71.9 Å². The Morgan fingerprint density at radius 2 is 1.81 bits per heavy atom. The van der Waals surface area contributed by atoms with Gasteiger partial charge in [0.15, 0.2) is 11.6 Å². The second-order valence-corrected chi connectivity index (χ2v) is 11.3. The average molecular weight is 579 g/mol. The molecule has 0 aliphatic heterocycles. The lowest BCUT2D eigenvalue weighted by Gasteiger charge is -2.32. The van der Waals surface area contributed by atoms with Crippen molar-refractivity contribution in [2.45, 2.75) is 77.8 Å². The molecule has 0 aliphatic rings. The van der Waals surface area contributed by atoms with Gasteiger partial charge in [-0.1, -0.05) is 19.8 Å². The van der Waals surface area contributed by atoms with Crippen molar-refractivity contribution in [2.75, 3.05) is 45.5 Å². The maximum Gasteiger partial charge on any atom is 0.225 e. The van der Waals surface area contributed by atoms with Crippen molar-refractivity contribution in [1.29, 1.82) is 0 Å². The zero-order valence-corrected chi connectivity index (χ0v) is 26.2. The van der Waals surface area contributed by atoms with E-state index < -0.39 is 0 Å². The zero-order chi connectivity index (χ0) is 30.7. The minimum Gasteiger partial charge on any atom is -0.497 e. The fourth-order valence-electron chi connectivity index (χ4n) is 4.76. The van der Waals surface area contributed by atoms with Crippen LogP contribution in [0, 0.1) is 0 Å². The number of hydrogen-bond acceptors (Lipinski definition) is 10. The fourth-order valence-corrected chi connectivity index (χ4v) is 4.76. The highest BCUT2D eigenvalue weighted by Crippen LogP contribution is 2.30. The number of fused-ring (bicyclic) bond motifs is 1. The number of unbranched alkanes of at least 4 members (excludes halogenated alkanes) is 1. The van der Waals surface area contributed by atoms with Crippen LogP contribution in [0.15, 0.2) is 30.5 Å². The predicted octanol–water partition coefficient (Wildman–Crippen LogP) is 5.91. The van der Waals surface area contributed by atoms with Crippen LogP contribution >= 0.6 is 0 Å². The van der Waals surface area contributed by atoms with E-state index in [0.717, 1.165) is 37.8 Å². The van der Waals surface area contributed by atoms with Crippen LogP contribution in [0.5, 0.6) is 11.5 Å². The summed E-state index contributed by atoms with van der Waals surface area (Å²) in [7, 11) is 7.22. The van der Waals surface area contributed by atoms with Gasteiger partial charge >= 0.3 is 0 Å². The van der Waals surface area contributed by atoms with Gasteiger partial charge in [0.05, 0.1) is 19.7 Å². The molecule has 1 aromatic carbocycles. The first-order valence-electron chi connectivity index (χ1n) is 14.7. The lowest BCUT2D eigenvalue weighted by atomic mass is 9.89. The number of ether oxygens (including phenoxy) is 2. The molecule has 0 aliphatic carbocycles. The lowest BCUT2D eigenvalue weighted by molar-refractivity contribution is -0.117. The molecule has 0 unspecified atom stereocenters. The number of ketones is 2. The first kappa shape index (κ1) is 32.7. The molecule has 0 radical (unpaired) electrons. The highest BCUT2D eigenvalue weighted by Gasteiger charge is 2.26. The summed E-state index contributed by atoms with van der Waals surface area (Å²) in [5.74, 6) is 2.54. The highest BCUT2D eigenvalue weighted by molar-refractivity contribution is 5.99. The number of carbonyl (C=O) groups is 2. The van der Waals surface area contributed by atoms with Crippen LogP contribution < -0.4 is 20.1 Å². The van der Waals surface area contributed by atoms with E-state index in [-0.39, 0.29) is 17.1 Å². The summed E-state index contributed by atoms with van der Waals surface area (Å²) in [6.07, 6.45) is 6.87. The zero-order valence-electron chi connectivity index (χ0n) is 26.2. The number of carbonyl (C=O) groups excluding carboxylic acids is 2. The summed E-state index contributed by atoms with van der Waals surface area (Å²) in [6.45, 7) is 7.14. The van der Waals surface area contributed by atoms with Crippen molar-refractivity contribution in [3.63, 3.8) is 0 Å². The third kappa shape index (κ3) is 9.37. The molecule has 10 nitrogen and oxygen atoms in total. The van der Waals surface area contributed by atoms with E-state index in [0.29, 0.717) is 65.7 Å². The van der Waals surface area contributed by atoms with Gasteiger partial charge in [0.2, 0.25) is 5.95 Å². The third-order valence-electron chi connectivity index (χ3n) is 7.33. The maximum atomic E-state index is 13.0. The van der Waals surface area contributed by atoms with Crippen LogP contribution in [-0.2, 0) is 11.3 Å². The van der Waals surface area contributed by atoms with Crippen LogP contribution in [-0.4, -0.2) is 71.8 Å². The summed E-state index contributed by atoms with van der Waals surface area (Å²) < 4.78 is 10.9. The molecule has 2 heterocycles. The van der Waals surface area contributed by atoms with E-state index >= 15 is 0 Å². The Kier molecular flexibility index (Phi) is 12.0. The number of nitrogens with zero attached hydrogens (tertiary/aromatic N) is 4. The smallest absolute Gasteiger partial charge is 0.225 e. The normalized spacial score (nSPS) is 12.7. The molecule has 1 atom stereocenters. The minimum atomic E-state index is -0.373. The molecule has 0 spiro atoms. The molecule has 3 rings (SSSR count). The number of aromatic nitrogens is 3. The van der Waals surface area contributed by atoms with E-state index in [1.54, 1.807) is 33.4 Å². The Balaban J connectivity index is 1.99. The summed E-state index contributed by atoms with van der Waals surface area (Å²) in [5, 5.41) is 6.95. The summed E-state index contributed by atoms with van der Waals surface area (Å²) in [6, 6.07) is 7.43. The highest BCUT2D eigenvalue weighted by atomic mass is 16.5. The van der Waals surface area contributed by atoms with Crippen molar-refractivity contribution in [1.82, 2.24) is 19.9 Å². The van der Waals surface area contributed by atoms with E-state index in [1.165, 1.54) is 0 Å². The van der Waals surface area contributed by atoms with Crippen molar-refractivity contribution in [3.05, 3.63) is 41.6 Å². The van der Waals surface area contributed by atoms with Crippen molar-refractivity contribution < 1.29 is 19.1 Å². The lowest BCUT2D eigenvalue weighted by Crippen LogP contribution is -2.36. The average Bonchev–Trinajstić information content (AvgIpc) is 2.97. The Labute approximate surface area is 249 Å². The standard InChI is InChI=1S/C32H46N6O4/c1-8-9-15-32(3,16-14-22(2)39)37-30-29-26(18-24(21-33-29)27(40)11-10-17-38(4)5)35-31(36-30)34-20-23-12-13-25(41-6)19-28(23)42-7/h12-13,18-19,21H,8-11,14-17,20H2,1-7H3,(H2,34,35,36,37)/t32-/m1/s1. The molecule has 2 aromatic heterocycles. The fraction of sp³-hybridized carbons (Fsp3) is 0.531. The summed E-state index contributed by atoms with van der Waals surface area (Å²) >= 11 is 0. The number of rotatable bonds is 18. The number of Topliss-reactive ketones (excluding diaryl/α,β-unsaturated/α-hetero) is 2. The maximum absolute atomic E-state index is 13.0. The molecule has 0 amide bonds. The first-order chi connectivity index (χ1) is 20.1. The van der Waals surface area contributed by atoms with Crippen LogP contribution in [0.25, 0.3) is 11.0 Å². The minimum absolute atomic E-state index is 0.0334. The summed E-state index contributed by atoms with van der Waals surface area (Å²) in [5.41, 5.74) is 2.21. The molecule has 0 saturated carbocycles. The van der Waals surface area contributed by atoms with Crippen molar-refractivity contribution >= 4 is 34.4 Å². The Morgan fingerprint density at radius 3 is 2.48 bits per heavy atom. The number of methoxy groups -OCH3 is 2. The van der Waals surface area contributed by atoms with E-state index in [4.69, 9.17) is 19.4 Å². The van der Waals surface area contributed by atoms with Gasteiger partial charge in [-0.2, -0.15) is 4.98 Å². The number of hydrogen-bond donors (Lipinski definition) is 2. The second-order valence-electron chi connectivity index (χ2n) is 11.3. The molecule has 10 heteroatoms. The molecular formula is C32H46N6O4. The van der Waals surface area contributed by atoms with Gasteiger partial charge < -0.3 is 29.8 Å². The summed E-state index contributed by atoms with van der Waals surface area (Å²) in [4.78, 5) is 41.2. The van der Waals surface area contributed by atoms with Gasteiger partial charge in [0.25, 0.3) is 0 Å². The Morgan fingerprint density at radius 1 is 1.02 bits per heavy atom. The van der Waals surface area contributed by atoms with Crippen LogP contribution in [0.4, 0.5) is 11.8 Å². The van der Waals surface area contributed by atoms with E-state index in [2.05, 4.69) is 34.4 Å². The van der Waals surface area contributed by atoms with Crippen molar-refractivity contribution in [2.24, 2.45) is 0 Å². The molecule has 2 N–H and O–H groups in total. The Hall–Kier alpha value is -3.79. The molecule has 0 bridgehead atoms. The predicted molar refractivity (Wildman–Crippen MR) is 168 cm³/mol. The monoisotopic (exact) mass is 578 g/mol. The molecule has 0 saturated heterocycles. The van der Waals surface area contributed by atoms with Gasteiger partial charge in [0.1, 0.15) is 22.8 Å². The van der Waals surface area contributed by atoms with E-state index in [1.807, 2.05) is 32.3 Å². The number of benzene rings is 1. The molecular weight excluding hydrogens is 532 g/mol.